The number of nitrogens with zero attached hydrogens (tertiary/aromatic N) is 3. The molecule has 3 amide bonds. The van der Waals surface area contributed by atoms with Crippen LogP contribution in [-0.2, 0) is 11.3 Å². The molecule has 1 aliphatic carbocycles. The first-order valence-electron chi connectivity index (χ1n) is 7.37. The van der Waals surface area contributed by atoms with Gasteiger partial charge in [-0.1, -0.05) is 11.8 Å². The number of rotatable bonds is 6. The van der Waals surface area contributed by atoms with Crippen molar-refractivity contribution in [3.8, 4) is 11.6 Å². The molecular weight excluding hydrogens is 318 g/mol. The van der Waals surface area contributed by atoms with Crippen LogP contribution in [0.5, 0.6) is 0 Å². The maximum atomic E-state index is 11.8. The molecule has 8 nitrogen and oxygen atoms in total. The smallest absolute Gasteiger partial charge is 0.321 e. The summed E-state index contributed by atoms with van der Waals surface area (Å²) in [5.74, 6) is 0.971. The lowest BCUT2D eigenvalue weighted by Crippen LogP contribution is -2.41. The fourth-order valence-electron chi connectivity index (χ4n) is 2.01. The first kappa shape index (κ1) is 15.6. The largest absolute Gasteiger partial charge is 0.461 e. The Hall–Kier alpha value is -2.29. The lowest BCUT2D eigenvalue weighted by atomic mass is 10.4. The Bertz CT molecular complexity index is 693. The molecule has 9 heteroatoms. The molecular formula is C14H17N5O3S. The summed E-state index contributed by atoms with van der Waals surface area (Å²) in [5, 5.41) is 13.8. The first-order valence-corrected chi connectivity index (χ1v) is 8.36. The van der Waals surface area contributed by atoms with Gasteiger partial charge in [0.2, 0.25) is 5.91 Å². The van der Waals surface area contributed by atoms with Gasteiger partial charge in [-0.15, -0.1) is 10.2 Å². The lowest BCUT2D eigenvalue weighted by Gasteiger charge is -2.06. The van der Waals surface area contributed by atoms with E-state index in [1.807, 2.05) is 11.5 Å². The van der Waals surface area contributed by atoms with Crippen LogP contribution >= 0.6 is 11.8 Å². The highest BCUT2D eigenvalue weighted by atomic mass is 32.2. The second kappa shape index (κ2) is 6.86. The molecule has 0 atom stereocenters. The molecule has 2 heterocycles. The van der Waals surface area contributed by atoms with E-state index in [-0.39, 0.29) is 17.7 Å². The molecule has 1 aliphatic rings. The minimum atomic E-state index is -0.439. The third-order valence-electron chi connectivity index (χ3n) is 3.27. The second-order valence-corrected chi connectivity index (χ2v) is 6.05. The van der Waals surface area contributed by atoms with E-state index in [9.17, 15) is 9.59 Å². The quantitative estimate of drug-likeness (QED) is 0.778. The van der Waals surface area contributed by atoms with Crippen molar-refractivity contribution < 1.29 is 14.0 Å². The molecule has 0 saturated heterocycles. The van der Waals surface area contributed by atoms with Gasteiger partial charge in [-0.05, 0) is 31.9 Å². The van der Waals surface area contributed by atoms with E-state index in [1.165, 1.54) is 11.8 Å². The van der Waals surface area contributed by atoms with Gasteiger partial charge in [-0.25, -0.2) is 4.79 Å². The van der Waals surface area contributed by atoms with E-state index < -0.39 is 6.03 Å². The zero-order chi connectivity index (χ0) is 16.2. The Labute approximate surface area is 137 Å². The number of thioether (sulfide) groups is 1. The second-order valence-electron chi connectivity index (χ2n) is 5.11. The number of furan rings is 1. The van der Waals surface area contributed by atoms with Crippen molar-refractivity contribution in [2.75, 3.05) is 5.75 Å². The average Bonchev–Trinajstić information content (AvgIpc) is 3.04. The average molecular weight is 335 g/mol. The van der Waals surface area contributed by atoms with Crippen LogP contribution in [-0.4, -0.2) is 38.5 Å². The number of amides is 3. The van der Waals surface area contributed by atoms with Crippen molar-refractivity contribution >= 4 is 23.7 Å². The van der Waals surface area contributed by atoms with Gasteiger partial charge in [0.1, 0.15) is 0 Å². The molecule has 122 valence electrons. The zero-order valence-corrected chi connectivity index (χ0v) is 13.4. The van der Waals surface area contributed by atoms with Gasteiger partial charge in [-0.3, -0.25) is 14.7 Å². The highest BCUT2D eigenvalue weighted by Crippen LogP contribution is 2.24. The number of nitrogens with one attached hydrogen (secondary N) is 2. The van der Waals surface area contributed by atoms with E-state index in [0.717, 1.165) is 12.8 Å². The summed E-state index contributed by atoms with van der Waals surface area (Å²) in [7, 11) is 0. The van der Waals surface area contributed by atoms with Crippen molar-refractivity contribution in [2.24, 2.45) is 0 Å². The highest BCUT2D eigenvalue weighted by Gasteiger charge is 2.24. The van der Waals surface area contributed by atoms with Gasteiger partial charge in [0.05, 0.1) is 12.0 Å². The summed E-state index contributed by atoms with van der Waals surface area (Å²) in [6, 6.07) is 3.36. The Balaban J connectivity index is 1.57. The Kier molecular flexibility index (Phi) is 4.65. The third kappa shape index (κ3) is 3.92. The van der Waals surface area contributed by atoms with Crippen molar-refractivity contribution in [1.82, 2.24) is 25.4 Å². The number of carbonyl (C=O) groups is 2. The van der Waals surface area contributed by atoms with Gasteiger partial charge < -0.3 is 9.73 Å². The van der Waals surface area contributed by atoms with E-state index >= 15 is 0 Å². The van der Waals surface area contributed by atoms with Crippen molar-refractivity contribution in [3.05, 3.63) is 18.4 Å². The predicted molar refractivity (Wildman–Crippen MR) is 83.8 cm³/mol. The number of carbonyl (C=O) groups excluding carboxylic acids is 2. The van der Waals surface area contributed by atoms with Crippen LogP contribution in [0.15, 0.2) is 28.0 Å². The molecule has 3 rings (SSSR count). The van der Waals surface area contributed by atoms with Crippen LogP contribution in [0, 0.1) is 0 Å². The normalized spacial score (nSPS) is 13.8. The standard InChI is InChI=1S/C14H17N5O3S/c1-2-19-12(10-4-3-7-22-10)17-18-14(19)23-8-11(20)16-13(21)15-9-5-6-9/h3-4,7,9H,2,5-6,8H2,1H3,(H2,15,16,20,21). The summed E-state index contributed by atoms with van der Waals surface area (Å²) in [6.45, 7) is 2.61. The Morgan fingerprint density at radius 2 is 2.26 bits per heavy atom. The number of hydrogen-bond donors (Lipinski definition) is 2. The van der Waals surface area contributed by atoms with Crippen molar-refractivity contribution in [3.63, 3.8) is 0 Å². The summed E-state index contributed by atoms with van der Waals surface area (Å²) in [5.41, 5.74) is 0. The molecule has 0 aliphatic heterocycles. The van der Waals surface area contributed by atoms with Crippen LogP contribution in [0.1, 0.15) is 19.8 Å². The van der Waals surface area contributed by atoms with Crippen LogP contribution < -0.4 is 10.6 Å². The molecule has 0 radical (unpaired) electrons. The minimum Gasteiger partial charge on any atom is -0.461 e. The van der Waals surface area contributed by atoms with E-state index in [0.29, 0.717) is 23.3 Å². The van der Waals surface area contributed by atoms with Crippen LogP contribution in [0.3, 0.4) is 0 Å². The lowest BCUT2D eigenvalue weighted by molar-refractivity contribution is -0.117. The molecule has 0 spiro atoms. The van der Waals surface area contributed by atoms with Crippen LogP contribution in [0.25, 0.3) is 11.6 Å². The maximum absolute atomic E-state index is 11.8. The first-order chi connectivity index (χ1) is 11.2. The molecule has 23 heavy (non-hydrogen) atoms. The summed E-state index contributed by atoms with van der Waals surface area (Å²) in [6.07, 6.45) is 3.53. The molecule has 2 aromatic heterocycles. The summed E-state index contributed by atoms with van der Waals surface area (Å²) in [4.78, 5) is 23.3. The van der Waals surface area contributed by atoms with Gasteiger partial charge in [0.15, 0.2) is 16.7 Å². The maximum Gasteiger partial charge on any atom is 0.321 e. The minimum absolute atomic E-state index is 0.0916. The van der Waals surface area contributed by atoms with E-state index in [2.05, 4.69) is 20.8 Å². The third-order valence-corrected chi connectivity index (χ3v) is 4.24. The topological polar surface area (TPSA) is 102 Å². The Morgan fingerprint density at radius 1 is 1.43 bits per heavy atom. The SMILES string of the molecule is CCn1c(SCC(=O)NC(=O)NC2CC2)nnc1-c1ccco1. The van der Waals surface area contributed by atoms with E-state index in [1.54, 1.807) is 18.4 Å². The van der Waals surface area contributed by atoms with Gasteiger partial charge in [0, 0.05) is 12.6 Å². The number of imide groups is 1. The fourth-order valence-corrected chi connectivity index (χ4v) is 2.81. The molecule has 0 unspecified atom stereocenters. The molecule has 1 fully saturated rings. The highest BCUT2D eigenvalue weighted by molar-refractivity contribution is 7.99. The number of hydrogen-bond acceptors (Lipinski definition) is 6. The van der Waals surface area contributed by atoms with Gasteiger partial charge >= 0.3 is 6.03 Å². The number of aromatic nitrogens is 3. The monoisotopic (exact) mass is 335 g/mol. The molecule has 2 N–H and O–H groups in total. The van der Waals surface area contributed by atoms with Crippen LogP contribution in [0.4, 0.5) is 4.79 Å². The summed E-state index contributed by atoms with van der Waals surface area (Å²) >= 11 is 1.23. The molecule has 0 bridgehead atoms. The molecule has 2 aromatic rings. The predicted octanol–water partition coefficient (Wildman–Crippen LogP) is 1.64. The Morgan fingerprint density at radius 3 is 2.91 bits per heavy atom. The number of urea groups is 1. The van der Waals surface area contributed by atoms with E-state index in [4.69, 9.17) is 4.42 Å². The van der Waals surface area contributed by atoms with Gasteiger partial charge in [0.25, 0.3) is 0 Å². The zero-order valence-electron chi connectivity index (χ0n) is 12.6. The summed E-state index contributed by atoms with van der Waals surface area (Å²) < 4.78 is 7.19. The molecule has 0 aromatic carbocycles. The van der Waals surface area contributed by atoms with Crippen molar-refractivity contribution in [2.45, 2.75) is 37.5 Å². The fraction of sp³-hybridized carbons (Fsp3) is 0.429. The van der Waals surface area contributed by atoms with Crippen LogP contribution in [0.2, 0.25) is 0 Å². The molecule has 1 saturated carbocycles. The van der Waals surface area contributed by atoms with Gasteiger partial charge in [-0.2, -0.15) is 0 Å². The van der Waals surface area contributed by atoms with Crippen molar-refractivity contribution in [1.29, 1.82) is 0 Å².